The van der Waals surface area contributed by atoms with Gasteiger partial charge in [-0.1, -0.05) is 6.08 Å². The van der Waals surface area contributed by atoms with Gasteiger partial charge in [-0.05, 0) is 0 Å². The minimum atomic E-state index is -8.63. The van der Waals surface area contributed by atoms with Crippen LogP contribution in [-0.2, 0) is 4.79 Å². The maximum absolute atomic E-state index is 13.8. The fourth-order valence-corrected chi connectivity index (χ4v) is 1.76. The van der Waals surface area contributed by atoms with Crippen LogP contribution in [0.5, 0.6) is 0 Å². The van der Waals surface area contributed by atoms with Crippen molar-refractivity contribution < 1.29 is 80.1 Å². The molecule has 0 aliphatic carbocycles. The van der Waals surface area contributed by atoms with E-state index in [-0.39, 0.29) is 6.08 Å². The highest BCUT2D eigenvalue weighted by atomic mass is 19.4. The predicted octanol–water partition coefficient (Wildman–Crippen LogP) is 5.73. The zero-order valence-corrected chi connectivity index (χ0v) is 13.4. The Bertz CT molecular complexity index is 678. The first-order valence-electron chi connectivity index (χ1n) is 6.62. The van der Waals surface area contributed by atoms with Crippen molar-refractivity contribution in [1.82, 2.24) is 0 Å². The summed E-state index contributed by atoms with van der Waals surface area (Å²) in [7, 11) is 0. The third kappa shape index (κ3) is 3.25. The van der Waals surface area contributed by atoms with Crippen LogP contribution in [0.1, 0.15) is 6.42 Å². The second-order valence-corrected chi connectivity index (χ2v) is 5.54. The highest BCUT2D eigenvalue weighted by Crippen LogP contribution is 2.64. The number of hydrogen-bond donors (Lipinski definition) is 1. The Balaban J connectivity index is 6.91. The third-order valence-electron chi connectivity index (χ3n) is 3.59. The lowest BCUT2D eigenvalue weighted by atomic mass is 9.83. The summed E-state index contributed by atoms with van der Waals surface area (Å²) in [4.78, 5) is 10.5. The number of carboxylic acids is 1. The van der Waals surface area contributed by atoms with E-state index >= 15 is 0 Å². The molecule has 0 saturated heterocycles. The minimum Gasteiger partial charge on any atom is -0.479 e. The molecule has 18 heteroatoms. The molecule has 0 radical (unpaired) electrons. The van der Waals surface area contributed by atoms with E-state index in [2.05, 4.69) is 6.58 Å². The molecule has 0 amide bonds. The van der Waals surface area contributed by atoms with E-state index in [9.17, 15) is 75.0 Å². The van der Waals surface area contributed by atoms with Crippen LogP contribution in [0.15, 0.2) is 12.7 Å². The van der Waals surface area contributed by atoms with E-state index in [0.29, 0.717) is 0 Å². The van der Waals surface area contributed by atoms with Crippen LogP contribution in [0.2, 0.25) is 0 Å². The number of carbonyl (C=O) groups is 1. The van der Waals surface area contributed by atoms with Crippen molar-refractivity contribution in [2.45, 2.75) is 53.8 Å². The number of rotatable bonds is 9. The van der Waals surface area contributed by atoms with Gasteiger partial charge >= 0.3 is 47.7 Å². The molecule has 1 unspecified atom stereocenters. The van der Waals surface area contributed by atoms with E-state index in [0.717, 1.165) is 0 Å². The van der Waals surface area contributed by atoms with Crippen molar-refractivity contribution in [2.24, 2.45) is 0 Å². The fourth-order valence-electron chi connectivity index (χ4n) is 1.76. The van der Waals surface area contributed by atoms with E-state index in [4.69, 9.17) is 5.11 Å². The van der Waals surface area contributed by atoms with Gasteiger partial charge in [0.25, 0.3) is 5.67 Å². The van der Waals surface area contributed by atoms with Crippen LogP contribution in [0, 0.1) is 0 Å². The van der Waals surface area contributed by atoms with Gasteiger partial charge in [-0.15, -0.1) is 6.58 Å². The summed E-state index contributed by atoms with van der Waals surface area (Å²) in [5.41, 5.74) is -5.96. The predicted molar refractivity (Wildman–Crippen MR) is 62.0 cm³/mol. The molecule has 2 nitrogen and oxygen atoms in total. The molecule has 0 aliphatic heterocycles. The normalized spacial score (nSPS) is 17.5. The second kappa shape index (κ2) is 7.06. The number of aliphatic carboxylic acids is 1. The summed E-state index contributed by atoms with van der Waals surface area (Å²) >= 11 is 0. The monoisotopic (exact) mass is 486 g/mol. The Hall–Kier alpha value is -1.91. The summed E-state index contributed by atoms with van der Waals surface area (Å²) in [6.45, 7) is 2.37. The SMILES string of the molecule is C=CCC(F)(C(=O)O)C(F)(F)C(F)(F)C(F)(F)C(F)(F)C(F)(F)C(F)(F)C(F)(F)F. The van der Waals surface area contributed by atoms with E-state index in [1.54, 1.807) is 0 Å². The molecule has 0 aliphatic rings. The third-order valence-corrected chi connectivity index (χ3v) is 3.59. The first-order valence-corrected chi connectivity index (χ1v) is 6.62. The lowest BCUT2D eigenvalue weighted by molar-refractivity contribution is -0.456. The van der Waals surface area contributed by atoms with Crippen molar-refractivity contribution in [2.75, 3.05) is 0 Å². The van der Waals surface area contributed by atoms with Crippen LogP contribution in [0.25, 0.3) is 0 Å². The quantitative estimate of drug-likeness (QED) is 0.334. The average molecular weight is 486 g/mol. The van der Waals surface area contributed by atoms with Gasteiger partial charge in [0.05, 0.1) is 0 Å². The van der Waals surface area contributed by atoms with Crippen LogP contribution < -0.4 is 0 Å². The van der Waals surface area contributed by atoms with Crippen LogP contribution >= 0.6 is 0 Å². The lowest BCUT2D eigenvalue weighted by Crippen LogP contribution is -2.75. The zero-order valence-electron chi connectivity index (χ0n) is 13.4. The maximum Gasteiger partial charge on any atom is 0.460 e. The Morgan fingerprint density at radius 1 is 0.600 bits per heavy atom. The topological polar surface area (TPSA) is 37.3 Å². The number of alkyl halides is 16. The molecule has 0 aromatic heterocycles. The molecule has 0 heterocycles. The van der Waals surface area contributed by atoms with Gasteiger partial charge in [0.15, 0.2) is 0 Å². The van der Waals surface area contributed by atoms with E-state index < -0.39 is 59.8 Å². The molecule has 0 aromatic rings. The molecular weight excluding hydrogens is 480 g/mol. The fraction of sp³-hybridized carbons (Fsp3) is 0.750. The molecule has 0 bridgehead atoms. The smallest absolute Gasteiger partial charge is 0.460 e. The molecular formula is C12H6F16O2. The minimum absolute atomic E-state index is 0.277. The number of hydrogen-bond acceptors (Lipinski definition) is 1. The summed E-state index contributed by atoms with van der Waals surface area (Å²) in [6.07, 6.45) is -10.6. The Kier molecular flexibility index (Phi) is 6.61. The van der Waals surface area contributed by atoms with Gasteiger partial charge in [0, 0.05) is 6.42 Å². The molecule has 178 valence electrons. The summed E-state index contributed by atoms with van der Waals surface area (Å²) in [5, 5.41) is 8.24. The Morgan fingerprint density at radius 2 is 0.867 bits per heavy atom. The van der Waals surface area contributed by atoms with E-state index in [1.807, 2.05) is 0 Å². The van der Waals surface area contributed by atoms with Crippen molar-refractivity contribution >= 4 is 5.97 Å². The lowest BCUT2D eigenvalue weighted by Gasteiger charge is -2.43. The Morgan fingerprint density at radius 3 is 1.10 bits per heavy atom. The molecule has 0 saturated carbocycles. The van der Waals surface area contributed by atoms with Crippen LogP contribution in [0.3, 0.4) is 0 Å². The number of halogens is 16. The van der Waals surface area contributed by atoms with Crippen molar-refractivity contribution in [3.8, 4) is 0 Å². The largest absolute Gasteiger partial charge is 0.479 e. The van der Waals surface area contributed by atoms with Crippen molar-refractivity contribution in [3.63, 3.8) is 0 Å². The van der Waals surface area contributed by atoms with Gasteiger partial charge in [-0.2, -0.15) is 65.9 Å². The zero-order chi connectivity index (χ0) is 25.0. The molecule has 0 fully saturated rings. The first-order chi connectivity index (χ1) is 12.8. The summed E-state index contributed by atoms with van der Waals surface area (Å²) in [6, 6.07) is 0. The molecule has 0 aromatic carbocycles. The van der Waals surface area contributed by atoms with E-state index in [1.165, 1.54) is 0 Å². The van der Waals surface area contributed by atoms with Gasteiger partial charge < -0.3 is 5.11 Å². The maximum atomic E-state index is 13.8. The van der Waals surface area contributed by atoms with Crippen LogP contribution in [-0.4, -0.2) is 58.5 Å². The summed E-state index contributed by atoms with van der Waals surface area (Å²) in [5.74, 6) is -53.4. The molecule has 0 spiro atoms. The molecule has 1 atom stereocenters. The first kappa shape index (κ1) is 28.1. The molecule has 0 rings (SSSR count). The number of allylic oxidation sites excluding steroid dienone is 1. The molecule has 1 N–H and O–H groups in total. The molecule has 30 heavy (non-hydrogen) atoms. The summed E-state index contributed by atoms with van der Waals surface area (Å²) < 4.78 is 208. The standard InChI is InChI=1S/C12H6F16O2/c1-2-3-5(13,4(29)30)6(14,15)7(16,17)8(18,19)9(20,21)10(22,23)11(24,25)12(26,27)28/h2H,1,3H2,(H,29,30). The van der Waals surface area contributed by atoms with Gasteiger partial charge in [0.2, 0.25) is 0 Å². The highest BCUT2D eigenvalue weighted by molar-refractivity contribution is 5.79. The number of carboxylic acid groups (broad SMARTS) is 1. The van der Waals surface area contributed by atoms with Crippen LogP contribution in [0.4, 0.5) is 70.2 Å². The van der Waals surface area contributed by atoms with Crippen molar-refractivity contribution in [3.05, 3.63) is 12.7 Å². The van der Waals surface area contributed by atoms with Gasteiger partial charge in [-0.3, -0.25) is 0 Å². The Labute approximate surface area is 154 Å². The average Bonchev–Trinajstić information content (AvgIpc) is 2.52. The highest BCUT2D eigenvalue weighted by Gasteiger charge is 2.95. The van der Waals surface area contributed by atoms with Gasteiger partial charge in [-0.25, -0.2) is 9.18 Å². The van der Waals surface area contributed by atoms with Crippen molar-refractivity contribution in [1.29, 1.82) is 0 Å². The second-order valence-electron chi connectivity index (χ2n) is 5.54. The van der Waals surface area contributed by atoms with Gasteiger partial charge in [0.1, 0.15) is 0 Å².